The topological polar surface area (TPSA) is 117 Å². The zero-order valence-corrected chi connectivity index (χ0v) is 19.2. The van der Waals surface area contributed by atoms with Crippen LogP contribution in [0.1, 0.15) is 51.4 Å². The number of hydrogen-bond donors (Lipinski definition) is 4. The minimum Gasteiger partial charge on any atom is -0.394 e. The van der Waals surface area contributed by atoms with Gasteiger partial charge in [-0.25, -0.2) is 13.1 Å². The summed E-state index contributed by atoms with van der Waals surface area (Å²) in [6.07, 6.45) is 6.48. The van der Waals surface area contributed by atoms with Gasteiger partial charge in [-0.2, -0.15) is 0 Å². The van der Waals surface area contributed by atoms with E-state index in [0.29, 0.717) is 44.6 Å². The summed E-state index contributed by atoms with van der Waals surface area (Å²) < 4.78 is 34.3. The maximum atomic E-state index is 12.8. The number of sulfonamides is 1. The highest BCUT2D eigenvalue weighted by Gasteiger charge is 2.33. The van der Waals surface area contributed by atoms with Gasteiger partial charge >= 0.3 is 0 Å². The summed E-state index contributed by atoms with van der Waals surface area (Å²) in [7, 11) is -3.80. The van der Waals surface area contributed by atoms with Crippen LogP contribution in [0, 0.1) is 0 Å². The number of aliphatic hydroxyl groups is 1. The van der Waals surface area contributed by atoms with Gasteiger partial charge in [0.1, 0.15) is 4.90 Å². The number of halogens is 1. The second-order valence-corrected chi connectivity index (χ2v) is 10.4. The Balaban J connectivity index is 1.65. The standard InChI is InChI=1S/C21H32ClN3O5S/c22-18-14-17(24-15-21(30-13-12-26)9-2-1-3-10-21)4-6-19(18)31(28,29)25-16-5-7-20(27)23-11-8-16/h4,6,14,16,24-26H,1-3,5,7-13,15H2,(H,23,27). The van der Waals surface area contributed by atoms with Crippen molar-refractivity contribution in [2.24, 2.45) is 0 Å². The van der Waals surface area contributed by atoms with Crippen LogP contribution in [0.2, 0.25) is 5.02 Å². The molecule has 4 N–H and O–H groups in total. The Kier molecular flexibility index (Phi) is 8.58. The third-order valence-electron chi connectivity index (χ3n) is 5.96. The second-order valence-electron chi connectivity index (χ2n) is 8.31. The lowest BCUT2D eigenvalue weighted by Crippen LogP contribution is -2.42. The normalized spacial score (nSPS) is 21.9. The van der Waals surface area contributed by atoms with Crippen LogP contribution in [0.15, 0.2) is 23.1 Å². The van der Waals surface area contributed by atoms with Gasteiger partial charge in [0.15, 0.2) is 0 Å². The molecule has 1 unspecified atom stereocenters. The predicted molar refractivity (Wildman–Crippen MR) is 120 cm³/mol. The average molecular weight is 474 g/mol. The van der Waals surface area contributed by atoms with Crippen molar-refractivity contribution in [1.82, 2.24) is 10.0 Å². The van der Waals surface area contributed by atoms with Crippen molar-refractivity contribution in [2.45, 2.75) is 67.9 Å². The number of ether oxygens (including phenoxy) is 1. The van der Waals surface area contributed by atoms with Crippen molar-refractivity contribution < 1.29 is 23.1 Å². The van der Waals surface area contributed by atoms with E-state index in [-0.39, 0.29) is 34.1 Å². The van der Waals surface area contributed by atoms with E-state index in [4.69, 9.17) is 21.4 Å². The van der Waals surface area contributed by atoms with Crippen LogP contribution in [0.25, 0.3) is 0 Å². The first-order valence-corrected chi connectivity index (χ1v) is 12.8. The van der Waals surface area contributed by atoms with Crippen LogP contribution >= 0.6 is 11.6 Å². The zero-order valence-electron chi connectivity index (χ0n) is 17.7. The van der Waals surface area contributed by atoms with E-state index in [2.05, 4.69) is 15.4 Å². The molecule has 1 heterocycles. The maximum absolute atomic E-state index is 12.8. The van der Waals surface area contributed by atoms with Gasteiger partial charge in [-0.1, -0.05) is 30.9 Å². The van der Waals surface area contributed by atoms with Crippen LogP contribution in [-0.2, 0) is 19.6 Å². The molecule has 8 nitrogen and oxygen atoms in total. The summed E-state index contributed by atoms with van der Waals surface area (Å²) in [5, 5.41) is 15.3. The van der Waals surface area contributed by atoms with Crippen LogP contribution in [0.5, 0.6) is 0 Å². The van der Waals surface area contributed by atoms with E-state index >= 15 is 0 Å². The summed E-state index contributed by atoms with van der Waals surface area (Å²) in [5.41, 5.74) is 0.385. The molecule has 0 spiro atoms. The van der Waals surface area contributed by atoms with Gasteiger partial charge in [-0.3, -0.25) is 4.79 Å². The molecule has 1 atom stereocenters. The highest BCUT2D eigenvalue weighted by molar-refractivity contribution is 7.89. The molecule has 1 aliphatic carbocycles. The van der Waals surface area contributed by atoms with Crippen molar-refractivity contribution in [1.29, 1.82) is 0 Å². The van der Waals surface area contributed by atoms with Crippen LogP contribution in [0.4, 0.5) is 5.69 Å². The molecule has 1 saturated carbocycles. The number of carbonyl (C=O) groups is 1. The third-order valence-corrected chi connectivity index (χ3v) is 7.96. The van der Waals surface area contributed by atoms with Gasteiger partial charge in [0.25, 0.3) is 0 Å². The number of aliphatic hydroxyl groups excluding tert-OH is 1. The van der Waals surface area contributed by atoms with E-state index in [1.165, 1.54) is 12.5 Å². The molecule has 3 rings (SSSR count). The Morgan fingerprint density at radius 3 is 2.71 bits per heavy atom. The Hall–Kier alpha value is -1.39. The van der Waals surface area contributed by atoms with Crippen molar-refractivity contribution in [2.75, 3.05) is 31.6 Å². The van der Waals surface area contributed by atoms with E-state index in [9.17, 15) is 13.2 Å². The molecule has 10 heteroatoms. The summed E-state index contributed by atoms with van der Waals surface area (Å²) in [6.45, 7) is 1.30. The lowest BCUT2D eigenvalue weighted by Gasteiger charge is -2.37. The summed E-state index contributed by atoms with van der Waals surface area (Å²) in [5.74, 6) is -0.0612. The molecule has 1 saturated heterocycles. The number of rotatable bonds is 9. The fraction of sp³-hybridized carbons (Fsp3) is 0.667. The van der Waals surface area contributed by atoms with Gasteiger partial charge in [-0.15, -0.1) is 0 Å². The number of anilines is 1. The summed E-state index contributed by atoms with van der Waals surface area (Å²) >= 11 is 6.34. The number of carbonyl (C=O) groups excluding carboxylic acids is 1. The van der Waals surface area contributed by atoms with Crippen LogP contribution in [0.3, 0.4) is 0 Å². The van der Waals surface area contributed by atoms with Gasteiger partial charge in [-0.05, 0) is 43.9 Å². The summed E-state index contributed by atoms with van der Waals surface area (Å²) in [6, 6.07) is 4.49. The van der Waals surface area contributed by atoms with Gasteiger partial charge in [0.2, 0.25) is 15.9 Å². The van der Waals surface area contributed by atoms with Crippen LogP contribution in [-0.4, -0.2) is 57.4 Å². The second kappa shape index (κ2) is 11.0. The molecule has 0 bridgehead atoms. The Morgan fingerprint density at radius 1 is 1.23 bits per heavy atom. The molecule has 2 fully saturated rings. The highest BCUT2D eigenvalue weighted by atomic mass is 35.5. The quantitative estimate of drug-likeness (QED) is 0.437. The molecule has 1 aromatic carbocycles. The Labute approximate surface area is 189 Å². The van der Waals surface area contributed by atoms with Crippen LogP contribution < -0.4 is 15.4 Å². The molecular weight excluding hydrogens is 442 g/mol. The molecule has 0 radical (unpaired) electrons. The average Bonchev–Trinajstić information content (AvgIpc) is 2.95. The van der Waals surface area contributed by atoms with Crippen molar-refractivity contribution >= 4 is 33.2 Å². The first kappa shape index (κ1) is 24.3. The van der Waals surface area contributed by atoms with E-state index < -0.39 is 10.0 Å². The Morgan fingerprint density at radius 2 is 2.00 bits per heavy atom. The molecule has 1 amide bonds. The molecule has 31 heavy (non-hydrogen) atoms. The molecule has 174 valence electrons. The summed E-state index contributed by atoms with van der Waals surface area (Å²) in [4.78, 5) is 11.5. The molecular formula is C21H32ClN3O5S. The predicted octanol–water partition coefficient (Wildman–Crippen LogP) is 2.41. The monoisotopic (exact) mass is 473 g/mol. The zero-order chi connectivity index (χ0) is 22.3. The fourth-order valence-electron chi connectivity index (χ4n) is 4.25. The third kappa shape index (κ3) is 6.79. The maximum Gasteiger partial charge on any atom is 0.242 e. The van der Waals surface area contributed by atoms with Crippen molar-refractivity contribution in [3.8, 4) is 0 Å². The number of amides is 1. The van der Waals surface area contributed by atoms with Gasteiger partial charge in [0, 0.05) is 31.2 Å². The first-order chi connectivity index (χ1) is 14.8. The van der Waals surface area contributed by atoms with Gasteiger partial charge < -0.3 is 20.5 Å². The highest BCUT2D eigenvalue weighted by Crippen LogP contribution is 2.33. The van der Waals surface area contributed by atoms with E-state index in [1.807, 2.05) is 0 Å². The molecule has 1 aromatic rings. The molecule has 1 aliphatic heterocycles. The lowest BCUT2D eigenvalue weighted by atomic mass is 9.84. The molecule has 2 aliphatic rings. The van der Waals surface area contributed by atoms with Crippen molar-refractivity contribution in [3.05, 3.63) is 23.2 Å². The lowest BCUT2D eigenvalue weighted by molar-refractivity contribution is -0.120. The molecule has 0 aromatic heterocycles. The SMILES string of the molecule is O=C1CCC(NS(=O)(=O)c2ccc(NCC3(OCCO)CCCCC3)cc2Cl)CCN1. The van der Waals surface area contributed by atoms with E-state index in [0.717, 1.165) is 25.7 Å². The fourth-order valence-corrected chi connectivity index (χ4v) is 6.10. The van der Waals surface area contributed by atoms with Gasteiger partial charge in [0.05, 0.1) is 23.8 Å². The number of benzene rings is 1. The minimum absolute atomic E-state index is 0.0155. The largest absolute Gasteiger partial charge is 0.394 e. The number of nitrogens with one attached hydrogen (secondary N) is 3. The Bertz CT molecular complexity index is 859. The van der Waals surface area contributed by atoms with Crippen molar-refractivity contribution in [3.63, 3.8) is 0 Å². The minimum atomic E-state index is -3.80. The van der Waals surface area contributed by atoms with E-state index in [1.54, 1.807) is 12.1 Å². The first-order valence-electron chi connectivity index (χ1n) is 10.9. The number of hydrogen-bond acceptors (Lipinski definition) is 6. The smallest absolute Gasteiger partial charge is 0.242 e.